The average Bonchev–Trinajstić information content (AvgIpc) is 2.12. The largest absolute Gasteiger partial charge is 0.361 e. The number of carbonyl (C=O) groups excluding carboxylic acids is 2. The molecular weight excluding hydrogens is 180 g/mol. The molecule has 0 atom stereocenters. The summed E-state index contributed by atoms with van der Waals surface area (Å²) >= 11 is 0. The fourth-order valence-electron chi connectivity index (χ4n) is 1.07. The molecule has 0 radical (unpaired) electrons. The number of rotatable bonds is 1. The zero-order chi connectivity index (χ0) is 10.7. The van der Waals surface area contributed by atoms with Gasteiger partial charge in [0.25, 0.3) is 0 Å². The third kappa shape index (κ3) is 2.10. The van der Waals surface area contributed by atoms with Crippen molar-refractivity contribution < 1.29 is 9.59 Å². The third-order valence-corrected chi connectivity index (χ3v) is 2.08. The second kappa shape index (κ2) is 3.91. The van der Waals surface area contributed by atoms with Crippen LogP contribution in [0.4, 0.5) is 5.69 Å². The molecule has 1 rings (SSSR count). The van der Waals surface area contributed by atoms with Crippen molar-refractivity contribution in [3.63, 3.8) is 0 Å². The summed E-state index contributed by atoms with van der Waals surface area (Å²) in [5.74, 6) is -1.77. The molecule has 0 saturated carbocycles. The van der Waals surface area contributed by atoms with Crippen LogP contribution in [0.5, 0.6) is 0 Å². The van der Waals surface area contributed by atoms with Crippen LogP contribution in [0.25, 0.3) is 0 Å². The van der Waals surface area contributed by atoms with Gasteiger partial charge in [0.1, 0.15) is 0 Å². The normalized spacial score (nSPS) is 9.57. The van der Waals surface area contributed by atoms with Crippen LogP contribution in [0, 0.1) is 13.8 Å². The molecule has 4 heteroatoms. The molecule has 74 valence electrons. The molecular formula is C10H12N2O2. The van der Waals surface area contributed by atoms with Gasteiger partial charge >= 0.3 is 11.8 Å². The number of benzene rings is 1. The molecule has 3 N–H and O–H groups in total. The molecule has 0 aliphatic heterocycles. The monoisotopic (exact) mass is 192 g/mol. The third-order valence-electron chi connectivity index (χ3n) is 2.08. The average molecular weight is 192 g/mol. The number of hydrogen-bond acceptors (Lipinski definition) is 2. The fourth-order valence-corrected chi connectivity index (χ4v) is 1.07. The predicted molar refractivity (Wildman–Crippen MR) is 53.7 cm³/mol. The molecule has 0 aliphatic carbocycles. The Morgan fingerprint density at radius 2 is 1.93 bits per heavy atom. The van der Waals surface area contributed by atoms with E-state index in [-0.39, 0.29) is 0 Å². The van der Waals surface area contributed by atoms with E-state index in [4.69, 9.17) is 5.73 Å². The van der Waals surface area contributed by atoms with Gasteiger partial charge in [0.05, 0.1) is 0 Å². The second-order valence-corrected chi connectivity index (χ2v) is 3.07. The molecule has 1 aromatic carbocycles. The van der Waals surface area contributed by atoms with Gasteiger partial charge in [-0.25, -0.2) is 0 Å². The summed E-state index contributed by atoms with van der Waals surface area (Å²) in [6, 6.07) is 5.46. The minimum absolute atomic E-state index is 0.619. The maximum absolute atomic E-state index is 11.0. The maximum Gasteiger partial charge on any atom is 0.313 e. The van der Waals surface area contributed by atoms with Gasteiger partial charge in [-0.2, -0.15) is 0 Å². The standard InChI is InChI=1S/C10H12N2O2/c1-6-4-3-5-8(7(6)2)12-10(14)9(11)13/h3-5H,1-2H3,(H2,11,13)(H,12,14). The Hall–Kier alpha value is -1.84. The van der Waals surface area contributed by atoms with E-state index >= 15 is 0 Å². The summed E-state index contributed by atoms with van der Waals surface area (Å²) in [6.07, 6.45) is 0. The first-order valence-corrected chi connectivity index (χ1v) is 4.19. The minimum atomic E-state index is -0.981. The molecule has 4 nitrogen and oxygen atoms in total. The Labute approximate surface area is 82.1 Å². The van der Waals surface area contributed by atoms with Crippen LogP contribution in [0.1, 0.15) is 11.1 Å². The molecule has 14 heavy (non-hydrogen) atoms. The van der Waals surface area contributed by atoms with E-state index in [1.54, 1.807) is 12.1 Å². The first kappa shape index (κ1) is 10.2. The Morgan fingerprint density at radius 1 is 1.29 bits per heavy atom. The van der Waals surface area contributed by atoms with Crippen LogP contribution < -0.4 is 11.1 Å². The lowest BCUT2D eigenvalue weighted by molar-refractivity contribution is -0.134. The zero-order valence-electron chi connectivity index (χ0n) is 8.13. The van der Waals surface area contributed by atoms with Gasteiger partial charge in [0.2, 0.25) is 0 Å². The van der Waals surface area contributed by atoms with Crippen LogP contribution in [-0.4, -0.2) is 11.8 Å². The van der Waals surface area contributed by atoms with Crippen molar-refractivity contribution in [2.24, 2.45) is 5.73 Å². The van der Waals surface area contributed by atoms with Gasteiger partial charge in [-0.1, -0.05) is 12.1 Å². The van der Waals surface area contributed by atoms with Crippen LogP contribution >= 0.6 is 0 Å². The second-order valence-electron chi connectivity index (χ2n) is 3.07. The summed E-state index contributed by atoms with van der Waals surface area (Å²) in [6.45, 7) is 3.79. The molecule has 0 aromatic heterocycles. The van der Waals surface area contributed by atoms with Crippen molar-refractivity contribution >= 4 is 17.5 Å². The minimum Gasteiger partial charge on any atom is -0.361 e. The van der Waals surface area contributed by atoms with E-state index in [1.807, 2.05) is 19.9 Å². The SMILES string of the molecule is Cc1cccc(NC(=O)C(N)=O)c1C. The first-order chi connectivity index (χ1) is 6.52. The smallest absolute Gasteiger partial charge is 0.313 e. The van der Waals surface area contributed by atoms with Crippen LogP contribution in [0.15, 0.2) is 18.2 Å². The summed E-state index contributed by atoms with van der Waals surface area (Å²) < 4.78 is 0. The number of amides is 2. The Kier molecular flexibility index (Phi) is 2.86. The molecule has 0 unspecified atom stereocenters. The van der Waals surface area contributed by atoms with Crippen molar-refractivity contribution in [3.8, 4) is 0 Å². The van der Waals surface area contributed by atoms with Gasteiger partial charge in [0.15, 0.2) is 0 Å². The van der Waals surface area contributed by atoms with Gasteiger partial charge in [0, 0.05) is 5.69 Å². The number of carbonyl (C=O) groups is 2. The molecule has 2 amide bonds. The Bertz CT molecular complexity index is 386. The topological polar surface area (TPSA) is 72.2 Å². The molecule has 0 saturated heterocycles. The number of aryl methyl sites for hydroxylation is 1. The number of hydrogen-bond donors (Lipinski definition) is 2. The highest BCUT2D eigenvalue weighted by atomic mass is 16.2. The lowest BCUT2D eigenvalue weighted by atomic mass is 10.1. The zero-order valence-corrected chi connectivity index (χ0v) is 8.13. The summed E-state index contributed by atoms with van der Waals surface area (Å²) in [4.78, 5) is 21.5. The highest BCUT2D eigenvalue weighted by Crippen LogP contribution is 2.17. The highest BCUT2D eigenvalue weighted by Gasteiger charge is 2.10. The van der Waals surface area contributed by atoms with E-state index in [0.717, 1.165) is 11.1 Å². The fraction of sp³-hybridized carbons (Fsp3) is 0.200. The number of primary amides is 1. The summed E-state index contributed by atoms with van der Waals surface area (Å²) in [5, 5.41) is 2.44. The van der Waals surface area contributed by atoms with E-state index in [9.17, 15) is 9.59 Å². The predicted octanol–water partition coefficient (Wildman–Crippen LogP) is 0.727. The Balaban J connectivity index is 2.93. The van der Waals surface area contributed by atoms with Crippen molar-refractivity contribution in [2.45, 2.75) is 13.8 Å². The quantitative estimate of drug-likeness (QED) is 0.644. The van der Waals surface area contributed by atoms with Crippen LogP contribution in [0.3, 0.4) is 0 Å². The maximum atomic E-state index is 11.0. The molecule has 0 heterocycles. The van der Waals surface area contributed by atoms with Gasteiger partial charge in [-0.3, -0.25) is 9.59 Å². The van der Waals surface area contributed by atoms with Gasteiger partial charge in [-0.15, -0.1) is 0 Å². The molecule has 0 spiro atoms. The van der Waals surface area contributed by atoms with Crippen molar-refractivity contribution in [2.75, 3.05) is 5.32 Å². The van der Waals surface area contributed by atoms with Crippen molar-refractivity contribution in [3.05, 3.63) is 29.3 Å². The van der Waals surface area contributed by atoms with Gasteiger partial charge in [-0.05, 0) is 31.0 Å². The molecule has 0 bridgehead atoms. The lowest BCUT2D eigenvalue weighted by Crippen LogP contribution is -2.29. The van der Waals surface area contributed by atoms with E-state index < -0.39 is 11.8 Å². The van der Waals surface area contributed by atoms with E-state index in [2.05, 4.69) is 5.32 Å². The number of nitrogens with one attached hydrogen (secondary N) is 1. The summed E-state index contributed by atoms with van der Waals surface area (Å²) in [7, 11) is 0. The van der Waals surface area contributed by atoms with Crippen molar-refractivity contribution in [1.29, 1.82) is 0 Å². The summed E-state index contributed by atoms with van der Waals surface area (Å²) in [5.41, 5.74) is 7.42. The first-order valence-electron chi connectivity index (χ1n) is 4.19. The number of anilines is 1. The molecule has 0 fully saturated rings. The van der Waals surface area contributed by atoms with Crippen LogP contribution in [-0.2, 0) is 9.59 Å². The number of nitrogens with two attached hydrogens (primary N) is 1. The van der Waals surface area contributed by atoms with E-state index in [0.29, 0.717) is 5.69 Å². The lowest BCUT2D eigenvalue weighted by Gasteiger charge is -2.08. The van der Waals surface area contributed by atoms with Crippen molar-refractivity contribution in [1.82, 2.24) is 0 Å². The molecule has 1 aromatic rings. The highest BCUT2D eigenvalue weighted by molar-refractivity contribution is 6.39. The molecule has 0 aliphatic rings. The van der Waals surface area contributed by atoms with Crippen LogP contribution in [0.2, 0.25) is 0 Å². The van der Waals surface area contributed by atoms with Gasteiger partial charge < -0.3 is 11.1 Å². The Morgan fingerprint density at radius 3 is 2.50 bits per heavy atom. The van der Waals surface area contributed by atoms with E-state index in [1.165, 1.54) is 0 Å².